The van der Waals surface area contributed by atoms with Gasteiger partial charge in [0.25, 0.3) is 0 Å². The van der Waals surface area contributed by atoms with E-state index in [0.29, 0.717) is 0 Å². The SMILES string of the molecule is Cc1cc(C)c(C=O)c(CC2CCCCC2)c1. The molecule has 0 amide bonds. The first-order chi connectivity index (χ1) is 8.20. The second-order valence-electron chi connectivity index (χ2n) is 5.48. The maximum absolute atomic E-state index is 11.2. The van der Waals surface area contributed by atoms with Crippen molar-refractivity contribution in [2.75, 3.05) is 0 Å². The zero-order chi connectivity index (χ0) is 12.3. The molecule has 1 aliphatic rings. The summed E-state index contributed by atoms with van der Waals surface area (Å²) >= 11 is 0. The zero-order valence-electron chi connectivity index (χ0n) is 11.0. The molecule has 1 nitrogen and oxygen atoms in total. The Kier molecular flexibility index (Phi) is 3.98. The third-order valence-corrected chi connectivity index (χ3v) is 3.97. The van der Waals surface area contributed by atoms with Crippen LogP contribution in [0.2, 0.25) is 0 Å². The summed E-state index contributed by atoms with van der Waals surface area (Å²) in [4.78, 5) is 11.2. The number of benzene rings is 1. The monoisotopic (exact) mass is 230 g/mol. The Morgan fingerprint density at radius 1 is 1.18 bits per heavy atom. The van der Waals surface area contributed by atoms with E-state index >= 15 is 0 Å². The van der Waals surface area contributed by atoms with E-state index < -0.39 is 0 Å². The van der Waals surface area contributed by atoms with Gasteiger partial charge in [-0.05, 0) is 37.3 Å². The van der Waals surface area contributed by atoms with Gasteiger partial charge in [-0.15, -0.1) is 0 Å². The first kappa shape index (κ1) is 12.3. The fourth-order valence-electron chi connectivity index (χ4n) is 3.11. The van der Waals surface area contributed by atoms with E-state index in [0.717, 1.165) is 29.8 Å². The van der Waals surface area contributed by atoms with Crippen LogP contribution in [-0.2, 0) is 6.42 Å². The van der Waals surface area contributed by atoms with Gasteiger partial charge in [-0.1, -0.05) is 49.8 Å². The highest BCUT2D eigenvalue weighted by molar-refractivity contribution is 5.79. The van der Waals surface area contributed by atoms with Gasteiger partial charge in [-0.3, -0.25) is 4.79 Å². The standard InChI is InChI=1S/C16H22O/c1-12-8-13(2)16(11-17)15(9-12)10-14-6-4-3-5-7-14/h8-9,11,14H,3-7,10H2,1-2H3. The Morgan fingerprint density at radius 2 is 1.88 bits per heavy atom. The maximum atomic E-state index is 11.2. The molecule has 0 heterocycles. The molecule has 0 bridgehead atoms. The summed E-state index contributed by atoms with van der Waals surface area (Å²) in [7, 11) is 0. The van der Waals surface area contributed by atoms with Crippen molar-refractivity contribution < 1.29 is 4.79 Å². The molecule has 1 aromatic rings. The van der Waals surface area contributed by atoms with Crippen molar-refractivity contribution in [1.82, 2.24) is 0 Å². The van der Waals surface area contributed by atoms with Crippen LogP contribution in [0, 0.1) is 19.8 Å². The highest BCUT2D eigenvalue weighted by atomic mass is 16.1. The second kappa shape index (κ2) is 5.48. The van der Waals surface area contributed by atoms with Crippen molar-refractivity contribution in [3.63, 3.8) is 0 Å². The van der Waals surface area contributed by atoms with E-state index in [1.165, 1.54) is 43.2 Å². The minimum Gasteiger partial charge on any atom is -0.298 e. The predicted octanol–water partition coefficient (Wildman–Crippen LogP) is 4.24. The summed E-state index contributed by atoms with van der Waals surface area (Å²) in [6, 6.07) is 4.31. The molecule has 92 valence electrons. The fourth-order valence-corrected chi connectivity index (χ4v) is 3.11. The van der Waals surface area contributed by atoms with Crippen LogP contribution in [-0.4, -0.2) is 6.29 Å². The van der Waals surface area contributed by atoms with E-state index in [-0.39, 0.29) is 0 Å². The van der Waals surface area contributed by atoms with E-state index in [2.05, 4.69) is 19.1 Å². The smallest absolute Gasteiger partial charge is 0.150 e. The van der Waals surface area contributed by atoms with Crippen LogP contribution in [0.15, 0.2) is 12.1 Å². The molecule has 0 spiro atoms. The summed E-state index contributed by atoms with van der Waals surface area (Å²) in [5.41, 5.74) is 4.61. The average molecular weight is 230 g/mol. The van der Waals surface area contributed by atoms with Gasteiger partial charge in [-0.2, -0.15) is 0 Å². The molecule has 0 aliphatic heterocycles. The molecule has 2 rings (SSSR count). The third-order valence-electron chi connectivity index (χ3n) is 3.97. The lowest BCUT2D eigenvalue weighted by molar-refractivity contribution is 0.112. The minimum absolute atomic E-state index is 0.795. The first-order valence-electron chi connectivity index (χ1n) is 6.76. The van der Waals surface area contributed by atoms with Crippen LogP contribution in [0.5, 0.6) is 0 Å². The molecule has 0 saturated heterocycles. The summed E-state index contributed by atoms with van der Waals surface area (Å²) in [5, 5.41) is 0. The first-order valence-corrected chi connectivity index (χ1v) is 6.76. The van der Waals surface area contributed by atoms with Gasteiger partial charge in [-0.25, -0.2) is 0 Å². The molecule has 1 heteroatoms. The molecule has 1 aliphatic carbocycles. The number of carbonyl (C=O) groups is 1. The third kappa shape index (κ3) is 2.96. The molecular weight excluding hydrogens is 208 g/mol. The summed E-state index contributed by atoms with van der Waals surface area (Å²) in [6.45, 7) is 4.16. The highest BCUT2D eigenvalue weighted by Gasteiger charge is 2.16. The van der Waals surface area contributed by atoms with Crippen LogP contribution in [0.25, 0.3) is 0 Å². The maximum Gasteiger partial charge on any atom is 0.150 e. The van der Waals surface area contributed by atoms with Gasteiger partial charge >= 0.3 is 0 Å². The van der Waals surface area contributed by atoms with Crippen molar-refractivity contribution in [2.24, 2.45) is 5.92 Å². The number of aryl methyl sites for hydroxylation is 2. The summed E-state index contributed by atoms with van der Waals surface area (Å²) in [6.07, 6.45) is 8.93. The summed E-state index contributed by atoms with van der Waals surface area (Å²) < 4.78 is 0. The predicted molar refractivity (Wildman–Crippen MR) is 71.6 cm³/mol. The lowest BCUT2D eigenvalue weighted by atomic mass is 9.83. The number of hydrogen-bond acceptors (Lipinski definition) is 1. The van der Waals surface area contributed by atoms with Gasteiger partial charge in [0.05, 0.1) is 0 Å². The Balaban J connectivity index is 2.21. The van der Waals surface area contributed by atoms with Crippen LogP contribution in [0.1, 0.15) is 59.2 Å². The van der Waals surface area contributed by atoms with Gasteiger partial charge in [0, 0.05) is 5.56 Å². The van der Waals surface area contributed by atoms with Crippen molar-refractivity contribution >= 4 is 6.29 Å². The second-order valence-corrected chi connectivity index (χ2v) is 5.48. The lowest BCUT2D eigenvalue weighted by Gasteiger charge is -2.22. The molecule has 0 N–H and O–H groups in total. The number of aldehydes is 1. The van der Waals surface area contributed by atoms with Crippen LogP contribution in [0.3, 0.4) is 0 Å². The van der Waals surface area contributed by atoms with Crippen molar-refractivity contribution in [3.05, 3.63) is 34.4 Å². The largest absolute Gasteiger partial charge is 0.298 e. The summed E-state index contributed by atoms with van der Waals surface area (Å²) in [5.74, 6) is 0.795. The van der Waals surface area contributed by atoms with E-state index in [9.17, 15) is 4.79 Å². The van der Waals surface area contributed by atoms with Crippen molar-refractivity contribution in [1.29, 1.82) is 0 Å². The van der Waals surface area contributed by atoms with Crippen LogP contribution < -0.4 is 0 Å². The van der Waals surface area contributed by atoms with E-state index in [1.807, 2.05) is 6.92 Å². The Bertz CT molecular complexity index is 400. The quantitative estimate of drug-likeness (QED) is 0.710. The minimum atomic E-state index is 0.795. The zero-order valence-corrected chi connectivity index (χ0v) is 11.0. The Labute approximate surface area is 104 Å². The van der Waals surface area contributed by atoms with E-state index in [1.54, 1.807) is 0 Å². The molecule has 0 unspecified atom stereocenters. The van der Waals surface area contributed by atoms with Crippen LogP contribution >= 0.6 is 0 Å². The number of rotatable bonds is 3. The number of carbonyl (C=O) groups excluding carboxylic acids is 1. The number of hydrogen-bond donors (Lipinski definition) is 0. The van der Waals surface area contributed by atoms with Crippen molar-refractivity contribution in [2.45, 2.75) is 52.4 Å². The van der Waals surface area contributed by atoms with Crippen molar-refractivity contribution in [3.8, 4) is 0 Å². The normalized spacial score (nSPS) is 17.1. The lowest BCUT2D eigenvalue weighted by Crippen LogP contribution is -2.11. The molecule has 0 radical (unpaired) electrons. The van der Waals surface area contributed by atoms with Gasteiger partial charge in [0.15, 0.2) is 6.29 Å². The Morgan fingerprint density at radius 3 is 2.53 bits per heavy atom. The molecule has 17 heavy (non-hydrogen) atoms. The fraction of sp³-hybridized carbons (Fsp3) is 0.562. The average Bonchev–Trinajstić information content (AvgIpc) is 2.30. The van der Waals surface area contributed by atoms with Crippen LogP contribution in [0.4, 0.5) is 0 Å². The molecular formula is C16H22O. The molecule has 1 aromatic carbocycles. The molecule has 1 fully saturated rings. The van der Waals surface area contributed by atoms with Gasteiger partial charge < -0.3 is 0 Å². The van der Waals surface area contributed by atoms with Gasteiger partial charge in [0.2, 0.25) is 0 Å². The topological polar surface area (TPSA) is 17.1 Å². The molecule has 0 atom stereocenters. The Hall–Kier alpha value is -1.11. The highest BCUT2D eigenvalue weighted by Crippen LogP contribution is 2.28. The molecule has 1 saturated carbocycles. The van der Waals surface area contributed by atoms with E-state index in [4.69, 9.17) is 0 Å². The van der Waals surface area contributed by atoms with Gasteiger partial charge in [0.1, 0.15) is 0 Å². The molecule has 0 aromatic heterocycles.